The Balaban J connectivity index is -0.00000000671. The second kappa shape index (κ2) is 223. The van der Waals surface area contributed by atoms with E-state index in [9.17, 15) is 0 Å². The smallest absolute Gasteiger partial charge is 0.181 e. The number of diazo groups is 2. The standard InChI is InChI=1S/C2H5N2.C2H4.2CH5N2.2CH2N2.CH4N.6Y/c1-3-4-2;1-2;4*1-3-2;1-2;;;;;;/h1H2,2H3;1-2H2;2*3H,1-2H2;2*1H2;1-2H2;;;;;;/q-1;;2*-1;;;-1;;;;;;. The number of nitrogens with one attached hydrogen (secondary N) is 2. The average Bonchev–Trinajstić information content (AvgIpc) is 2.46. The van der Waals surface area contributed by atoms with Gasteiger partial charge in [0, 0.05) is 217 Å². The number of hydrazine groups is 2. The second-order valence-corrected chi connectivity index (χ2v) is 1.03. The molecule has 0 aliphatic rings. The van der Waals surface area contributed by atoms with Gasteiger partial charge in [-0.2, -0.15) is 0 Å². The number of azo groups is 1. The molecular formula is C9H27N11Y6-4. The van der Waals surface area contributed by atoms with Crippen molar-refractivity contribution in [3.8, 4) is 0 Å². The maximum Gasteiger partial charge on any atom is 0.181 e. The third-order valence-electron chi connectivity index (χ3n) is 0.141. The van der Waals surface area contributed by atoms with Crippen LogP contribution < -0.4 is 28.3 Å². The molecule has 0 saturated heterocycles. The molecule has 0 aliphatic heterocycles. The van der Waals surface area contributed by atoms with Crippen LogP contribution in [0.25, 0.3) is 9.95 Å². The summed E-state index contributed by atoms with van der Waals surface area (Å²) in [7, 11) is 18.8. The quantitative estimate of drug-likeness (QED) is 0.0607. The fourth-order valence-electron chi connectivity index (χ4n) is 0. The number of hydrogen-bond donors (Lipinski definition) is 5. The molecule has 0 amide bonds. The van der Waals surface area contributed by atoms with E-state index in [1.165, 1.54) is 0 Å². The van der Waals surface area contributed by atoms with Crippen LogP contribution in [0, 0.1) is 53.1 Å². The van der Waals surface area contributed by atoms with Gasteiger partial charge in [-0.05, 0) is 9.95 Å². The first-order chi connectivity index (χ1) is 9.57. The van der Waals surface area contributed by atoms with Gasteiger partial charge < -0.3 is 33.4 Å². The Labute approximate surface area is 311 Å². The van der Waals surface area contributed by atoms with Crippen molar-refractivity contribution in [2.75, 3.05) is 7.05 Å². The monoisotopic (exact) mass is 823 g/mol. The normalized spacial score (nSPS) is 3.73. The van der Waals surface area contributed by atoms with Crippen molar-refractivity contribution < 1.29 is 196 Å². The van der Waals surface area contributed by atoms with Crippen LogP contribution in [-0.2, 0) is 196 Å². The van der Waals surface area contributed by atoms with Gasteiger partial charge in [0.15, 0.2) is 10.8 Å². The number of nitrogens with two attached hydrogens (primary N) is 3. The summed E-state index contributed by atoms with van der Waals surface area (Å²) >= 11 is 0. The molecule has 0 aromatic heterocycles. The zero-order valence-corrected chi connectivity index (χ0v) is 32.6. The predicted molar refractivity (Wildman–Crippen MR) is 83.2 cm³/mol. The first-order valence-corrected chi connectivity index (χ1v) is 4.19. The summed E-state index contributed by atoms with van der Waals surface area (Å²) in [4.78, 5) is 4.50. The van der Waals surface area contributed by atoms with Crippen molar-refractivity contribution in [1.82, 2.24) is 10.9 Å². The number of rotatable bonds is 0. The van der Waals surface area contributed by atoms with Crippen molar-refractivity contribution in [2.45, 2.75) is 0 Å². The minimum absolute atomic E-state index is 0. The van der Waals surface area contributed by atoms with Crippen LogP contribution in [0.5, 0.6) is 0 Å². The molecule has 6 radical (unpaired) electrons. The summed E-state index contributed by atoms with van der Waals surface area (Å²) in [6.07, 6.45) is 0. The molecule has 0 heterocycles. The van der Waals surface area contributed by atoms with Crippen LogP contribution in [0.1, 0.15) is 0 Å². The van der Waals surface area contributed by atoms with Crippen LogP contribution in [0.2, 0.25) is 0 Å². The van der Waals surface area contributed by atoms with Gasteiger partial charge in [-0.25, -0.2) is 5.11 Å². The third kappa shape index (κ3) is 769. The van der Waals surface area contributed by atoms with Gasteiger partial charge in [-0.15, -0.1) is 13.2 Å². The largest absolute Gasteiger partial charge is 0.486 e. The van der Waals surface area contributed by atoms with E-state index >= 15 is 0 Å². The van der Waals surface area contributed by atoms with Crippen LogP contribution in [0.15, 0.2) is 23.4 Å². The average molecular weight is 823 g/mol. The van der Waals surface area contributed by atoms with Gasteiger partial charge >= 0.3 is 0 Å². The molecule has 0 atom stereocenters. The van der Waals surface area contributed by atoms with Gasteiger partial charge in [0.25, 0.3) is 0 Å². The molecule has 0 aromatic rings. The maximum absolute atomic E-state index is 7.08. The SMILES string of the molecule is C=C.[CH2-]N.[CH2-]N=NC.[CH2-]NN.[CH2-]NN.[CH2-][N+]#N.[CH2-][N+]#N.[Y].[Y].[Y].[Y].[Y].[Y]. The van der Waals surface area contributed by atoms with E-state index in [0.717, 1.165) is 0 Å². The zero-order chi connectivity index (χ0) is 18.2. The van der Waals surface area contributed by atoms with Crippen molar-refractivity contribution >= 4 is 0 Å². The van der Waals surface area contributed by atoms with E-state index < -0.39 is 0 Å². The first-order valence-electron chi connectivity index (χ1n) is 4.19. The van der Waals surface area contributed by atoms with E-state index in [-0.39, 0.29) is 196 Å². The van der Waals surface area contributed by atoms with Gasteiger partial charge in [0.2, 0.25) is 0 Å². The third-order valence-corrected chi connectivity index (χ3v) is 0.141. The molecular weight excluding hydrogens is 796 g/mol. The Hall–Kier alpha value is 4.21. The maximum atomic E-state index is 7.08. The molecule has 8 N–H and O–H groups in total. The molecule has 0 unspecified atom stereocenters. The Morgan fingerprint density at radius 1 is 0.808 bits per heavy atom. The van der Waals surface area contributed by atoms with Crippen molar-refractivity contribution in [3.63, 3.8) is 0 Å². The summed E-state index contributed by atoms with van der Waals surface area (Å²) in [6.45, 7) is 6.00. The molecule has 0 bridgehead atoms. The van der Waals surface area contributed by atoms with Crippen LogP contribution >= 0.6 is 0 Å². The fraction of sp³-hybridized carbons (Fsp3) is 0.111. The predicted octanol–water partition coefficient (Wildman–Crippen LogP) is 1.13. The Kier molecular flexibility index (Phi) is 746. The van der Waals surface area contributed by atoms with E-state index in [0.29, 0.717) is 0 Å². The summed E-state index contributed by atoms with van der Waals surface area (Å²) in [6, 6.07) is 0. The molecule has 0 saturated carbocycles. The zero-order valence-electron chi connectivity index (χ0n) is 15.5. The van der Waals surface area contributed by atoms with Gasteiger partial charge in [0.05, 0.1) is 0 Å². The van der Waals surface area contributed by atoms with E-state index in [1.807, 2.05) is 10.9 Å². The first kappa shape index (κ1) is 87.0. The van der Waals surface area contributed by atoms with E-state index in [1.54, 1.807) is 7.05 Å². The van der Waals surface area contributed by atoms with Gasteiger partial charge in [0.1, 0.15) is 0 Å². The van der Waals surface area contributed by atoms with Gasteiger partial charge in [-0.3, -0.25) is 28.2 Å². The molecule has 0 aliphatic carbocycles. The Morgan fingerprint density at radius 3 is 0.846 bits per heavy atom. The van der Waals surface area contributed by atoms with Gasteiger partial charge in [-0.1, -0.05) is 0 Å². The van der Waals surface area contributed by atoms with Crippen LogP contribution in [-0.4, -0.2) is 7.05 Å². The summed E-state index contributed by atoms with van der Waals surface area (Å²) < 4.78 is 0. The van der Waals surface area contributed by atoms with E-state index in [4.69, 9.17) is 10.8 Å². The minimum Gasteiger partial charge on any atom is -0.486 e. The Bertz CT molecular complexity index is 172. The van der Waals surface area contributed by atoms with Crippen LogP contribution in [0.4, 0.5) is 0 Å². The number of nitrogens with zero attached hydrogens (tertiary/aromatic N) is 6. The van der Waals surface area contributed by atoms with Crippen LogP contribution in [0.3, 0.4) is 0 Å². The molecule has 26 heavy (non-hydrogen) atoms. The van der Waals surface area contributed by atoms with Crippen molar-refractivity contribution in [1.29, 1.82) is 10.8 Å². The molecule has 0 fully saturated rings. The minimum atomic E-state index is 0. The summed E-state index contributed by atoms with van der Waals surface area (Å²) in [5, 5.41) is 20.5. The molecule has 0 rings (SSSR count). The second-order valence-electron chi connectivity index (χ2n) is 1.03. The summed E-state index contributed by atoms with van der Waals surface area (Å²) in [5.41, 5.74) is 8.25. The molecule has 0 aromatic carbocycles. The molecule has 11 nitrogen and oxygen atoms in total. The molecule has 140 valence electrons. The van der Waals surface area contributed by atoms with Crippen molar-refractivity contribution in [3.05, 3.63) is 65.4 Å². The van der Waals surface area contributed by atoms with E-state index in [2.05, 4.69) is 93.0 Å². The van der Waals surface area contributed by atoms with Crippen molar-refractivity contribution in [2.24, 2.45) is 27.6 Å². The Morgan fingerprint density at radius 2 is 0.846 bits per heavy atom. The number of hydrogen-bond acceptors (Lipinski definition) is 9. The topological polar surface area (TPSA) is 183 Å². The summed E-state index contributed by atoms with van der Waals surface area (Å²) in [5.74, 6) is 8.97. The molecule has 17 heteroatoms. The molecule has 0 spiro atoms. The fourth-order valence-corrected chi connectivity index (χ4v) is 0.